The fourth-order valence-electron chi connectivity index (χ4n) is 2.80. The Morgan fingerprint density at radius 2 is 2.29 bits per heavy atom. The zero-order valence-electron chi connectivity index (χ0n) is 12.0. The highest BCUT2D eigenvalue weighted by Gasteiger charge is 2.22. The molecule has 1 aliphatic rings. The van der Waals surface area contributed by atoms with E-state index in [1.807, 2.05) is 18.2 Å². The molecule has 0 saturated carbocycles. The molecule has 1 aromatic carbocycles. The fraction of sp³-hybridized carbons (Fsp3) is 0.467. The molecule has 0 bridgehead atoms. The second-order valence-corrected chi connectivity index (χ2v) is 5.24. The minimum atomic E-state index is -0.996. The Labute approximate surface area is 122 Å². The zero-order valence-corrected chi connectivity index (χ0v) is 12.0. The summed E-state index contributed by atoms with van der Waals surface area (Å²) in [5.41, 5.74) is 0.945. The number of rotatable bonds is 4. The highest BCUT2D eigenvalue weighted by atomic mass is 16.5. The van der Waals surface area contributed by atoms with Gasteiger partial charge < -0.3 is 9.84 Å². The van der Waals surface area contributed by atoms with Gasteiger partial charge in [-0.3, -0.25) is 9.58 Å². The molecule has 6 nitrogen and oxygen atoms in total. The van der Waals surface area contributed by atoms with E-state index in [2.05, 4.69) is 16.9 Å². The fourth-order valence-corrected chi connectivity index (χ4v) is 2.80. The van der Waals surface area contributed by atoms with Gasteiger partial charge in [0.05, 0.1) is 24.8 Å². The predicted molar refractivity (Wildman–Crippen MR) is 78.5 cm³/mol. The standard InChI is InChI=1S/C15H19N3O3/c1-2-17-7-8-21-11(9-17)10-18-13-6-4-3-5-12(13)14(16-18)15(19)20/h3-6,11H,2,7-10H2,1H3,(H,19,20). The first kappa shape index (κ1) is 14.0. The van der Waals surface area contributed by atoms with Crippen molar-refractivity contribution in [2.24, 2.45) is 0 Å². The number of ether oxygens (including phenoxy) is 1. The highest BCUT2D eigenvalue weighted by molar-refractivity contribution is 6.01. The van der Waals surface area contributed by atoms with Crippen molar-refractivity contribution in [2.75, 3.05) is 26.2 Å². The van der Waals surface area contributed by atoms with Crippen molar-refractivity contribution in [1.29, 1.82) is 0 Å². The van der Waals surface area contributed by atoms with E-state index >= 15 is 0 Å². The number of para-hydroxylation sites is 1. The van der Waals surface area contributed by atoms with E-state index in [-0.39, 0.29) is 11.8 Å². The van der Waals surface area contributed by atoms with E-state index in [0.29, 0.717) is 18.5 Å². The molecule has 112 valence electrons. The Bertz CT molecular complexity index is 653. The number of nitrogens with zero attached hydrogens (tertiary/aromatic N) is 3. The van der Waals surface area contributed by atoms with Gasteiger partial charge in [-0.1, -0.05) is 25.1 Å². The van der Waals surface area contributed by atoms with Crippen molar-refractivity contribution in [3.63, 3.8) is 0 Å². The van der Waals surface area contributed by atoms with Crippen molar-refractivity contribution in [3.8, 4) is 0 Å². The maximum Gasteiger partial charge on any atom is 0.357 e. The molecule has 1 aliphatic heterocycles. The van der Waals surface area contributed by atoms with Crippen molar-refractivity contribution in [1.82, 2.24) is 14.7 Å². The molecular formula is C15H19N3O3. The maximum absolute atomic E-state index is 11.3. The maximum atomic E-state index is 11.3. The summed E-state index contributed by atoms with van der Waals surface area (Å²) in [4.78, 5) is 13.6. The van der Waals surface area contributed by atoms with Crippen LogP contribution in [0, 0.1) is 0 Å². The SMILES string of the molecule is CCN1CCOC(Cn2nc(C(=O)O)c3ccccc32)C1. The minimum Gasteiger partial charge on any atom is -0.476 e. The summed E-state index contributed by atoms with van der Waals surface area (Å²) in [5.74, 6) is -0.996. The number of morpholine rings is 1. The Balaban J connectivity index is 1.88. The second kappa shape index (κ2) is 5.83. The summed E-state index contributed by atoms with van der Waals surface area (Å²) in [6.45, 7) is 6.22. The van der Waals surface area contributed by atoms with E-state index < -0.39 is 5.97 Å². The number of likely N-dealkylation sites (N-methyl/N-ethyl adjacent to an activating group) is 1. The number of aromatic carboxylic acids is 1. The molecule has 6 heteroatoms. The van der Waals surface area contributed by atoms with Gasteiger partial charge in [-0.25, -0.2) is 4.79 Å². The van der Waals surface area contributed by atoms with Crippen LogP contribution in [-0.4, -0.2) is 58.1 Å². The molecule has 2 heterocycles. The van der Waals surface area contributed by atoms with Gasteiger partial charge in [0.25, 0.3) is 0 Å². The van der Waals surface area contributed by atoms with Crippen molar-refractivity contribution in [3.05, 3.63) is 30.0 Å². The van der Waals surface area contributed by atoms with Crippen LogP contribution in [0.4, 0.5) is 0 Å². The lowest BCUT2D eigenvalue weighted by molar-refractivity contribution is -0.0352. The number of fused-ring (bicyclic) bond motifs is 1. The van der Waals surface area contributed by atoms with Gasteiger partial charge in [-0.2, -0.15) is 5.10 Å². The lowest BCUT2D eigenvalue weighted by Gasteiger charge is -2.32. The van der Waals surface area contributed by atoms with Crippen LogP contribution >= 0.6 is 0 Å². The van der Waals surface area contributed by atoms with E-state index in [4.69, 9.17) is 4.74 Å². The molecular weight excluding hydrogens is 270 g/mol. The summed E-state index contributed by atoms with van der Waals surface area (Å²) in [7, 11) is 0. The number of hydrogen-bond donors (Lipinski definition) is 1. The zero-order chi connectivity index (χ0) is 14.8. The van der Waals surface area contributed by atoms with Crippen molar-refractivity contribution < 1.29 is 14.6 Å². The van der Waals surface area contributed by atoms with Crippen LogP contribution in [0.5, 0.6) is 0 Å². The first-order chi connectivity index (χ1) is 10.2. The predicted octanol–water partition coefficient (Wildman–Crippen LogP) is 1.46. The largest absolute Gasteiger partial charge is 0.476 e. The molecule has 0 radical (unpaired) electrons. The molecule has 21 heavy (non-hydrogen) atoms. The smallest absolute Gasteiger partial charge is 0.357 e. The molecule has 2 aromatic rings. The number of hydrogen-bond acceptors (Lipinski definition) is 4. The molecule has 1 aromatic heterocycles. The number of carbonyl (C=O) groups is 1. The Morgan fingerprint density at radius 3 is 3.05 bits per heavy atom. The second-order valence-electron chi connectivity index (χ2n) is 5.24. The van der Waals surface area contributed by atoms with Crippen LogP contribution in [0.15, 0.2) is 24.3 Å². The highest BCUT2D eigenvalue weighted by Crippen LogP contribution is 2.19. The number of aromatic nitrogens is 2. The summed E-state index contributed by atoms with van der Waals surface area (Å²) in [6.07, 6.45) is 0.0450. The summed E-state index contributed by atoms with van der Waals surface area (Å²) < 4.78 is 7.54. The van der Waals surface area contributed by atoms with E-state index in [1.165, 1.54) is 0 Å². The topological polar surface area (TPSA) is 67.6 Å². The first-order valence-electron chi connectivity index (χ1n) is 7.22. The van der Waals surface area contributed by atoms with Gasteiger partial charge >= 0.3 is 5.97 Å². The van der Waals surface area contributed by atoms with Crippen LogP contribution < -0.4 is 0 Å². The van der Waals surface area contributed by atoms with Crippen molar-refractivity contribution >= 4 is 16.9 Å². The lowest BCUT2D eigenvalue weighted by Crippen LogP contribution is -2.44. The molecule has 1 N–H and O–H groups in total. The van der Waals surface area contributed by atoms with Gasteiger partial charge in [0.15, 0.2) is 5.69 Å². The van der Waals surface area contributed by atoms with Gasteiger partial charge in [0, 0.05) is 18.5 Å². The molecule has 1 fully saturated rings. The van der Waals surface area contributed by atoms with Crippen LogP contribution in [-0.2, 0) is 11.3 Å². The first-order valence-corrected chi connectivity index (χ1v) is 7.22. The van der Waals surface area contributed by atoms with Crippen molar-refractivity contribution in [2.45, 2.75) is 19.6 Å². The Hall–Kier alpha value is -1.92. The summed E-state index contributed by atoms with van der Waals surface area (Å²) >= 11 is 0. The molecule has 1 unspecified atom stereocenters. The Morgan fingerprint density at radius 1 is 1.48 bits per heavy atom. The van der Waals surface area contributed by atoms with Crippen LogP contribution in [0.25, 0.3) is 10.9 Å². The molecule has 1 saturated heterocycles. The molecule has 0 amide bonds. The van der Waals surface area contributed by atoms with Gasteiger partial charge in [0.1, 0.15) is 0 Å². The lowest BCUT2D eigenvalue weighted by atomic mass is 10.2. The number of benzene rings is 1. The van der Waals surface area contributed by atoms with Crippen LogP contribution in [0.2, 0.25) is 0 Å². The average Bonchev–Trinajstić information content (AvgIpc) is 2.87. The quantitative estimate of drug-likeness (QED) is 0.923. The number of carboxylic acids is 1. The van der Waals surface area contributed by atoms with E-state index in [1.54, 1.807) is 10.7 Å². The summed E-state index contributed by atoms with van der Waals surface area (Å²) in [5, 5.41) is 14.2. The summed E-state index contributed by atoms with van der Waals surface area (Å²) in [6, 6.07) is 7.42. The normalized spacial score (nSPS) is 20.0. The third-order valence-corrected chi connectivity index (χ3v) is 3.91. The van der Waals surface area contributed by atoms with Gasteiger partial charge in [-0.15, -0.1) is 0 Å². The molecule has 0 spiro atoms. The molecule has 0 aliphatic carbocycles. The van der Waals surface area contributed by atoms with E-state index in [0.717, 1.165) is 25.2 Å². The third-order valence-electron chi connectivity index (χ3n) is 3.91. The van der Waals surface area contributed by atoms with Gasteiger partial charge in [-0.05, 0) is 12.6 Å². The number of carboxylic acid groups (broad SMARTS) is 1. The van der Waals surface area contributed by atoms with Gasteiger partial charge in [0.2, 0.25) is 0 Å². The Kier molecular flexibility index (Phi) is 3.90. The van der Waals surface area contributed by atoms with Crippen LogP contribution in [0.3, 0.4) is 0 Å². The average molecular weight is 289 g/mol. The molecule has 1 atom stereocenters. The van der Waals surface area contributed by atoms with Crippen LogP contribution in [0.1, 0.15) is 17.4 Å². The minimum absolute atomic E-state index is 0.0450. The van der Waals surface area contributed by atoms with E-state index in [9.17, 15) is 9.90 Å². The molecule has 3 rings (SSSR count). The third kappa shape index (κ3) is 2.77. The monoisotopic (exact) mass is 289 g/mol.